The molecule has 2 N–H and O–H groups in total. The first-order valence-corrected chi connectivity index (χ1v) is 3.74. The summed E-state index contributed by atoms with van der Waals surface area (Å²) < 4.78 is 0.363. The third-order valence-electron chi connectivity index (χ3n) is 1.31. The Labute approximate surface area is 77.4 Å². The third kappa shape index (κ3) is 1.23. The zero-order valence-electron chi connectivity index (χ0n) is 5.87. The van der Waals surface area contributed by atoms with Crippen molar-refractivity contribution in [2.75, 3.05) is 5.73 Å². The Morgan fingerprint density at radius 2 is 2.08 bits per heavy atom. The van der Waals surface area contributed by atoms with E-state index < -0.39 is 0 Å². The van der Waals surface area contributed by atoms with Crippen LogP contribution in [0, 0.1) is 22.7 Å². The van der Waals surface area contributed by atoms with Crippen LogP contribution in [0.1, 0.15) is 11.1 Å². The van der Waals surface area contributed by atoms with Gasteiger partial charge in [-0.05, 0) is 15.9 Å². The van der Waals surface area contributed by atoms with Gasteiger partial charge in [0, 0.05) is 6.20 Å². The average molecular weight is 223 g/mol. The molecule has 0 fully saturated rings. The van der Waals surface area contributed by atoms with E-state index in [1.54, 1.807) is 0 Å². The molecule has 0 spiro atoms. The second kappa shape index (κ2) is 3.21. The van der Waals surface area contributed by atoms with E-state index in [0.717, 1.165) is 0 Å². The maximum Gasteiger partial charge on any atom is 0.126 e. The number of hydrogen-bond donors (Lipinski definition) is 1. The molecular weight excluding hydrogens is 220 g/mol. The molecule has 1 heterocycles. The zero-order chi connectivity index (χ0) is 9.14. The summed E-state index contributed by atoms with van der Waals surface area (Å²) in [5.74, 6) is 0. The van der Waals surface area contributed by atoms with Crippen molar-refractivity contribution < 1.29 is 0 Å². The van der Waals surface area contributed by atoms with Gasteiger partial charge in [0.2, 0.25) is 0 Å². The van der Waals surface area contributed by atoms with Crippen LogP contribution in [0.15, 0.2) is 10.8 Å². The zero-order valence-corrected chi connectivity index (χ0v) is 7.46. The number of rotatable bonds is 0. The van der Waals surface area contributed by atoms with Gasteiger partial charge in [0.1, 0.15) is 22.3 Å². The molecule has 4 nitrogen and oxygen atoms in total. The Kier molecular flexibility index (Phi) is 2.27. The number of nitrogens with two attached hydrogens (primary N) is 1. The molecule has 0 aliphatic carbocycles. The van der Waals surface area contributed by atoms with Gasteiger partial charge in [0.25, 0.3) is 0 Å². The van der Waals surface area contributed by atoms with Crippen LogP contribution in [0.25, 0.3) is 0 Å². The second-order valence-electron chi connectivity index (χ2n) is 1.97. The fourth-order valence-corrected chi connectivity index (χ4v) is 1.10. The Hall–Kier alpha value is -1.59. The van der Waals surface area contributed by atoms with E-state index in [-0.39, 0.29) is 16.8 Å². The smallest absolute Gasteiger partial charge is 0.126 e. The monoisotopic (exact) mass is 222 g/mol. The molecule has 1 aromatic heterocycles. The summed E-state index contributed by atoms with van der Waals surface area (Å²) in [6.07, 6.45) is 1.32. The number of halogens is 1. The number of hydrogen-bond acceptors (Lipinski definition) is 4. The Morgan fingerprint density at radius 1 is 1.42 bits per heavy atom. The summed E-state index contributed by atoms with van der Waals surface area (Å²) in [5.41, 5.74) is 6.08. The Balaban J connectivity index is 3.50. The van der Waals surface area contributed by atoms with Crippen molar-refractivity contribution in [3.8, 4) is 12.1 Å². The van der Waals surface area contributed by atoms with E-state index >= 15 is 0 Å². The highest BCUT2D eigenvalue weighted by Crippen LogP contribution is 2.21. The molecule has 0 aliphatic rings. The number of aromatic nitrogens is 1. The molecule has 0 atom stereocenters. The highest BCUT2D eigenvalue weighted by Gasteiger charge is 2.08. The van der Waals surface area contributed by atoms with Crippen LogP contribution < -0.4 is 5.73 Å². The molecule has 0 aromatic carbocycles. The molecule has 58 valence electrons. The van der Waals surface area contributed by atoms with Crippen molar-refractivity contribution >= 4 is 21.6 Å². The minimum absolute atomic E-state index is 0.168. The summed E-state index contributed by atoms with van der Waals surface area (Å²) in [6.45, 7) is 0. The highest BCUT2D eigenvalue weighted by molar-refractivity contribution is 9.10. The summed E-state index contributed by atoms with van der Waals surface area (Å²) in [7, 11) is 0. The number of nitrogens with zero attached hydrogens (tertiary/aromatic N) is 3. The fourth-order valence-electron chi connectivity index (χ4n) is 0.697. The molecule has 0 aliphatic heterocycles. The molecule has 0 unspecified atom stereocenters. The first kappa shape index (κ1) is 8.51. The molecule has 12 heavy (non-hydrogen) atoms. The molecule has 0 amide bonds. The minimum atomic E-state index is 0.168. The van der Waals surface area contributed by atoms with E-state index in [4.69, 9.17) is 16.3 Å². The van der Waals surface area contributed by atoms with Gasteiger partial charge in [-0.2, -0.15) is 10.5 Å². The van der Waals surface area contributed by atoms with Crippen molar-refractivity contribution in [3.05, 3.63) is 21.9 Å². The molecule has 5 heteroatoms. The van der Waals surface area contributed by atoms with Gasteiger partial charge < -0.3 is 5.73 Å². The molecule has 0 saturated heterocycles. The van der Waals surface area contributed by atoms with Crippen molar-refractivity contribution in [2.24, 2.45) is 0 Å². The molecule has 1 aromatic rings. The normalized spacial score (nSPS) is 8.58. The van der Waals surface area contributed by atoms with E-state index in [0.29, 0.717) is 4.60 Å². The lowest BCUT2D eigenvalue weighted by molar-refractivity contribution is 1.24. The topological polar surface area (TPSA) is 86.5 Å². The molecule has 0 bridgehead atoms. The number of pyridine rings is 1. The lowest BCUT2D eigenvalue weighted by Crippen LogP contribution is -1.97. The molecule has 0 radical (unpaired) electrons. The van der Waals surface area contributed by atoms with Crippen LogP contribution in [0.2, 0.25) is 0 Å². The van der Waals surface area contributed by atoms with Crippen LogP contribution in [0.3, 0.4) is 0 Å². The first-order valence-electron chi connectivity index (χ1n) is 2.95. The van der Waals surface area contributed by atoms with E-state index in [2.05, 4.69) is 20.9 Å². The van der Waals surface area contributed by atoms with E-state index in [1.807, 2.05) is 12.1 Å². The van der Waals surface area contributed by atoms with Gasteiger partial charge in [-0.25, -0.2) is 4.98 Å². The van der Waals surface area contributed by atoms with Crippen LogP contribution in [-0.2, 0) is 0 Å². The van der Waals surface area contributed by atoms with E-state index in [9.17, 15) is 0 Å². The number of anilines is 1. The van der Waals surface area contributed by atoms with Gasteiger partial charge in [-0.15, -0.1) is 0 Å². The van der Waals surface area contributed by atoms with E-state index in [1.165, 1.54) is 6.20 Å². The molecular formula is C7H3BrN4. The maximum absolute atomic E-state index is 8.61. The predicted octanol–water partition coefficient (Wildman–Crippen LogP) is 1.17. The van der Waals surface area contributed by atoms with Gasteiger partial charge in [0.05, 0.1) is 11.3 Å². The molecule has 0 saturated carbocycles. The first-order chi connectivity index (χ1) is 5.70. The quantitative estimate of drug-likeness (QED) is 0.668. The second-order valence-corrected chi connectivity index (χ2v) is 2.73. The summed E-state index contributed by atoms with van der Waals surface area (Å²) in [4.78, 5) is 3.77. The van der Waals surface area contributed by atoms with Gasteiger partial charge in [0.15, 0.2) is 0 Å². The van der Waals surface area contributed by atoms with Crippen LogP contribution in [0.5, 0.6) is 0 Å². The Bertz CT molecular complexity index is 399. The maximum atomic E-state index is 8.61. The van der Waals surface area contributed by atoms with Crippen LogP contribution >= 0.6 is 15.9 Å². The van der Waals surface area contributed by atoms with Crippen LogP contribution in [0.4, 0.5) is 5.69 Å². The van der Waals surface area contributed by atoms with Crippen molar-refractivity contribution in [1.29, 1.82) is 10.5 Å². The number of nitrogen functional groups attached to an aromatic ring is 1. The number of nitriles is 2. The minimum Gasteiger partial charge on any atom is -0.396 e. The Morgan fingerprint density at radius 3 is 2.58 bits per heavy atom. The SMILES string of the molecule is N#Cc1cnc(Br)c(C#N)c1N. The van der Waals surface area contributed by atoms with Gasteiger partial charge >= 0.3 is 0 Å². The van der Waals surface area contributed by atoms with Crippen molar-refractivity contribution in [3.63, 3.8) is 0 Å². The third-order valence-corrected chi connectivity index (χ3v) is 1.91. The molecule has 1 rings (SSSR count). The predicted molar refractivity (Wildman–Crippen MR) is 45.8 cm³/mol. The van der Waals surface area contributed by atoms with Crippen molar-refractivity contribution in [2.45, 2.75) is 0 Å². The van der Waals surface area contributed by atoms with Crippen LogP contribution in [-0.4, -0.2) is 4.98 Å². The average Bonchev–Trinajstić information content (AvgIpc) is 2.06. The van der Waals surface area contributed by atoms with Gasteiger partial charge in [-0.3, -0.25) is 0 Å². The highest BCUT2D eigenvalue weighted by atomic mass is 79.9. The van der Waals surface area contributed by atoms with Crippen molar-refractivity contribution in [1.82, 2.24) is 4.98 Å². The fraction of sp³-hybridized carbons (Fsp3) is 0. The van der Waals surface area contributed by atoms with Gasteiger partial charge in [-0.1, -0.05) is 0 Å². The summed E-state index contributed by atoms with van der Waals surface area (Å²) in [6, 6.07) is 3.69. The largest absolute Gasteiger partial charge is 0.396 e. The lowest BCUT2D eigenvalue weighted by atomic mass is 10.2. The standard InChI is InChI=1S/C7H3BrN4/c8-7-5(2-10)6(11)4(1-9)3-12-7/h3H,(H2,11,12). The summed E-state index contributed by atoms with van der Waals surface area (Å²) >= 11 is 3.05. The lowest BCUT2D eigenvalue weighted by Gasteiger charge is -1.99. The summed E-state index contributed by atoms with van der Waals surface area (Å²) in [5, 5.41) is 17.1.